The van der Waals surface area contributed by atoms with Gasteiger partial charge in [0.2, 0.25) is 5.41 Å². The molecule has 1 fully saturated rings. The number of nitrogens with zero attached hydrogens (tertiary/aromatic N) is 1. The van der Waals surface area contributed by atoms with Crippen LogP contribution in [0.25, 0.3) is 0 Å². The fraction of sp³-hybridized carbons (Fsp3) is 0.520. The molecule has 0 spiro atoms. The third kappa shape index (κ3) is 5.43. The van der Waals surface area contributed by atoms with Crippen LogP contribution < -0.4 is 0 Å². The largest absolute Gasteiger partial charge is 0.468 e. The number of benzene rings is 1. The van der Waals surface area contributed by atoms with Crippen LogP contribution in [0, 0.1) is 16.7 Å². The zero-order chi connectivity index (χ0) is 24.8. The number of esters is 3. The first-order valence-corrected chi connectivity index (χ1v) is 10.9. The summed E-state index contributed by atoms with van der Waals surface area (Å²) < 4.78 is 15.0. The molecule has 1 heterocycles. The van der Waals surface area contributed by atoms with E-state index in [0.29, 0.717) is 6.42 Å². The van der Waals surface area contributed by atoms with Gasteiger partial charge in [-0.25, -0.2) is 4.79 Å². The van der Waals surface area contributed by atoms with Gasteiger partial charge in [0.05, 0.1) is 26.9 Å². The van der Waals surface area contributed by atoms with Crippen molar-refractivity contribution in [1.82, 2.24) is 4.90 Å². The normalized spacial score (nSPS) is 20.1. The summed E-state index contributed by atoms with van der Waals surface area (Å²) in [6.07, 6.45) is 3.08. The lowest BCUT2D eigenvalue weighted by Gasteiger charge is -2.33. The number of ether oxygens (including phenoxy) is 3. The first-order valence-electron chi connectivity index (χ1n) is 10.9. The van der Waals surface area contributed by atoms with Crippen molar-refractivity contribution in [3.63, 3.8) is 0 Å². The number of methoxy groups -OCH3 is 2. The van der Waals surface area contributed by atoms with Gasteiger partial charge >= 0.3 is 17.9 Å². The Morgan fingerprint density at radius 1 is 1.06 bits per heavy atom. The standard InChI is InChI=1S/C25H33NO7/c1-7-33-20(27)14-13-19-18(15-24(2,3)4)25(22(29)31-5,23(30)32-6)21(28)26(19)16-17-11-9-8-10-12-17/h8-14,18-19H,7,15-16H2,1-6H3/b14-13+/t18-,19-/m1/s1. The van der Waals surface area contributed by atoms with Gasteiger partial charge in [-0.1, -0.05) is 57.2 Å². The van der Waals surface area contributed by atoms with Crippen LogP contribution in [0.15, 0.2) is 42.5 Å². The van der Waals surface area contributed by atoms with E-state index in [0.717, 1.165) is 19.8 Å². The topological polar surface area (TPSA) is 99.2 Å². The van der Waals surface area contributed by atoms with E-state index in [9.17, 15) is 19.2 Å². The minimum Gasteiger partial charge on any atom is -0.468 e. The van der Waals surface area contributed by atoms with Gasteiger partial charge in [-0.2, -0.15) is 0 Å². The van der Waals surface area contributed by atoms with E-state index in [1.54, 1.807) is 6.92 Å². The molecule has 1 saturated heterocycles. The molecule has 33 heavy (non-hydrogen) atoms. The maximum atomic E-state index is 13.9. The van der Waals surface area contributed by atoms with E-state index in [2.05, 4.69) is 0 Å². The van der Waals surface area contributed by atoms with E-state index < -0.39 is 41.2 Å². The summed E-state index contributed by atoms with van der Waals surface area (Å²) in [7, 11) is 2.27. The van der Waals surface area contributed by atoms with Gasteiger partial charge in [0.1, 0.15) is 0 Å². The molecule has 2 rings (SSSR count). The molecule has 0 aliphatic carbocycles. The van der Waals surface area contributed by atoms with E-state index in [-0.39, 0.29) is 18.6 Å². The molecule has 1 amide bonds. The molecule has 1 aromatic rings. The molecule has 0 saturated carbocycles. The van der Waals surface area contributed by atoms with Gasteiger partial charge in [0, 0.05) is 18.5 Å². The SMILES string of the molecule is CCOC(=O)/C=C/[C@@H]1[C@@H](CC(C)(C)C)C(C(=O)OC)(C(=O)OC)C(=O)N1Cc1ccccc1. The van der Waals surface area contributed by atoms with Gasteiger partial charge in [-0.05, 0) is 24.3 Å². The Kier molecular flexibility index (Phi) is 8.41. The van der Waals surface area contributed by atoms with Crippen molar-refractivity contribution in [3.8, 4) is 0 Å². The molecule has 0 radical (unpaired) electrons. The minimum absolute atomic E-state index is 0.133. The summed E-state index contributed by atoms with van der Waals surface area (Å²) in [5.74, 6) is -4.07. The molecule has 1 aliphatic rings. The lowest BCUT2D eigenvalue weighted by molar-refractivity contribution is -0.176. The highest BCUT2D eigenvalue weighted by Gasteiger charge is 2.69. The number of hydrogen-bond donors (Lipinski definition) is 0. The molecule has 8 heteroatoms. The van der Waals surface area contributed by atoms with Crippen LogP contribution in [0.1, 0.15) is 39.7 Å². The highest BCUT2D eigenvalue weighted by atomic mass is 16.5. The van der Waals surface area contributed by atoms with Gasteiger partial charge < -0.3 is 19.1 Å². The maximum absolute atomic E-state index is 13.9. The second-order valence-corrected chi connectivity index (χ2v) is 9.18. The Hall–Kier alpha value is -3.16. The molecular formula is C25H33NO7. The Morgan fingerprint density at radius 2 is 1.64 bits per heavy atom. The van der Waals surface area contributed by atoms with Crippen molar-refractivity contribution in [2.24, 2.45) is 16.7 Å². The third-order valence-corrected chi connectivity index (χ3v) is 5.69. The van der Waals surface area contributed by atoms with Crippen LogP contribution >= 0.6 is 0 Å². The summed E-state index contributed by atoms with van der Waals surface area (Å²) in [4.78, 5) is 53.7. The summed E-state index contributed by atoms with van der Waals surface area (Å²) >= 11 is 0. The summed E-state index contributed by atoms with van der Waals surface area (Å²) in [6.45, 7) is 7.86. The molecule has 0 N–H and O–H groups in total. The van der Waals surface area contributed by atoms with Gasteiger partial charge in [-0.15, -0.1) is 0 Å². The van der Waals surface area contributed by atoms with Crippen molar-refractivity contribution >= 4 is 23.8 Å². The molecule has 0 bridgehead atoms. The van der Waals surface area contributed by atoms with Crippen LogP contribution in [0.5, 0.6) is 0 Å². The highest BCUT2D eigenvalue weighted by molar-refractivity contribution is 6.21. The Bertz CT molecular complexity index is 885. The van der Waals surface area contributed by atoms with Crippen LogP contribution in [0.4, 0.5) is 0 Å². The number of rotatable bonds is 8. The van der Waals surface area contributed by atoms with E-state index >= 15 is 0 Å². The summed E-state index contributed by atoms with van der Waals surface area (Å²) in [5.41, 5.74) is -1.74. The monoisotopic (exact) mass is 459 g/mol. The first-order chi connectivity index (χ1) is 15.5. The molecular weight excluding hydrogens is 426 g/mol. The van der Waals surface area contributed by atoms with Gasteiger partial charge in [0.25, 0.3) is 5.91 Å². The van der Waals surface area contributed by atoms with Crippen LogP contribution in [0.3, 0.4) is 0 Å². The smallest absolute Gasteiger partial charge is 0.333 e. The second-order valence-electron chi connectivity index (χ2n) is 9.18. The van der Waals surface area contributed by atoms with Crippen molar-refractivity contribution in [2.45, 2.75) is 46.7 Å². The molecule has 1 aromatic carbocycles. The molecule has 0 unspecified atom stereocenters. The third-order valence-electron chi connectivity index (χ3n) is 5.69. The van der Waals surface area contributed by atoms with Gasteiger partial charge in [0.15, 0.2) is 0 Å². The fourth-order valence-corrected chi connectivity index (χ4v) is 4.37. The quantitative estimate of drug-likeness (QED) is 0.255. The van der Waals surface area contributed by atoms with E-state index in [1.165, 1.54) is 17.1 Å². The lowest BCUT2D eigenvalue weighted by atomic mass is 9.68. The molecule has 8 nitrogen and oxygen atoms in total. The van der Waals surface area contributed by atoms with Crippen molar-refractivity contribution < 1.29 is 33.4 Å². The van der Waals surface area contributed by atoms with E-state index in [4.69, 9.17) is 14.2 Å². The Balaban J connectivity index is 2.72. The molecule has 2 atom stereocenters. The Morgan fingerprint density at radius 3 is 2.12 bits per heavy atom. The van der Waals surface area contributed by atoms with Gasteiger partial charge in [-0.3, -0.25) is 14.4 Å². The zero-order valence-electron chi connectivity index (χ0n) is 20.1. The number of carbonyl (C=O) groups excluding carboxylic acids is 4. The summed E-state index contributed by atoms with van der Waals surface area (Å²) in [6, 6.07) is 8.45. The molecule has 1 aliphatic heterocycles. The first kappa shape index (κ1) is 26.1. The minimum atomic E-state index is -2.19. The number of carbonyl (C=O) groups is 4. The highest BCUT2D eigenvalue weighted by Crippen LogP contribution is 2.49. The predicted molar refractivity (Wildman–Crippen MR) is 121 cm³/mol. The second kappa shape index (κ2) is 10.6. The summed E-state index contributed by atoms with van der Waals surface area (Å²) in [5, 5.41) is 0. The number of amides is 1. The molecule has 0 aromatic heterocycles. The maximum Gasteiger partial charge on any atom is 0.333 e. The van der Waals surface area contributed by atoms with E-state index in [1.807, 2.05) is 51.1 Å². The number of hydrogen-bond acceptors (Lipinski definition) is 7. The van der Waals surface area contributed by atoms with Crippen LogP contribution in [-0.4, -0.2) is 55.6 Å². The molecule has 180 valence electrons. The van der Waals surface area contributed by atoms with Crippen molar-refractivity contribution in [2.75, 3.05) is 20.8 Å². The fourth-order valence-electron chi connectivity index (χ4n) is 4.37. The lowest BCUT2D eigenvalue weighted by Crippen LogP contribution is -2.52. The van der Waals surface area contributed by atoms with Crippen molar-refractivity contribution in [3.05, 3.63) is 48.0 Å². The average Bonchev–Trinajstić information content (AvgIpc) is 2.98. The Labute approximate surface area is 194 Å². The van der Waals surface area contributed by atoms with Crippen LogP contribution in [0.2, 0.25) is 0 Å². The van der Waals surface area contributed by atoms with Crippen LogP contribution in [-0.2, 0) is 39.9 Å². The average molecular weight is 460 g/mol. The zero-order valence-corrected chi connectivity index (χ0v) is 20.1. The number of likely N-dealkylation sites (tertiary alicyclic amines) is 1. The van der Waals surface area contributed by atoms with Crippen molar-refractivity contribution in [1.29, 1.82) is 0 Å². The predicted octanol–water partition coefficient (Wildman–Crippen LogP) is 2.90.